The number of nitrogens with zero attached hydrogens (tertiary/aromatic N) is 2. The molecule has 2 aliphatic carbocycles. The van der Waals surface area contributed by atoms with Crippen molar-refractivity contribution in [3.05, 3.63) is 23.5 Å². The molecular weight excluding hydrogens is 359 g/mol. The zero-order chi connectivity index (χ0) is 20.5. The first kappa shape index (κ1) is 22.7. The summed E-state index contributed by atoms with van der Waals surface area (Å²) in [6, 6.07) is 4.18. The number of hydrogen-bond donors (Lipinski definition) is 0. The van der Waals surface area contributed by atoms with Gasteiger partial charge < -0.3 is 0 Å². The average Bonchev–Trinajstić information content (AvgIpc) is 2.76. The van der Waals surface area contributed by atoms with Crippen molar-refractivity contribution in [1.29, 1.82) is 0 Å². The minimum atomic E-state index is -0.753. The summed E-state index contributed by atoms with van der Waals surface area (Å²) >= 11 is 0. The number of unbranched alkanes of at least 4 members (excludes halogenated alkanes) is 2. The highest BCUT2D eigenvalue weighted by Crippen LogP contribution is 2.37. The molecule has 3 rings (SSSR count). The predicted octanol–water partition coefficient (Wildman–Crippen LogP) is 7.82. The SMILES string of the molecule is CCCCC[C@H]1CC[C@H](c2ccc(CC(F)[C@H]3CC[C@H](CCC)CC3)nn2)CC1. The number of aromatic nitrogens is 2. The standard InChI is InChI=1S/C26H43FN2/c1-3-5-6-8-21-11-15-23(16-12-21)26-18-17-24(28-29-26)19-25(27)22-13-9-20(7-4-2)10-14-22/h17-18,20-23,25H,3-16,19H2,1-2H3/t20-,21-,22-,23-,25?. The van der Waals surface area contributed by atoms with Gasteiger partial charge in [-0.3, -0.25) is 0 Å². The van der Waals surface area contributed by atoms with Crippen LogP contribution in [0.15, 0.2) is 12.1 Å². The van der Waals surface area contributed by atoms with Crippen molar-refractivity contribution >= 4 is 0 Å². The largest absolute Gasteiger partial charge is 0.247 e. The molecule has 1 unspecified atom stereocenters. The van der Waals surface area contributed by atoms with Gasteiger partial charge >= 0.3 is 0 Å². The summed E-state index contributed by atoms with van der Waals surface area (Å²) in [5.74, 6) is 2.55. The second-order valence-electron chi connectivity index (χ2n) is 9.95. The van der Waals surface area contributed by atoms with Crippen LogP contribution in [-0.2, 0) is 6.42 Å². The van der Waals surface area contributed by atoms with E-state index in [9.17, 15) is 4.39 Å². The molecule has 1 aromatic heterocycles. The van der Waals surface area contributed by atoms with Gasteiger partial charge in [0, 0.05) is 12.3 Å². The maximum atomic E-state index is 14.8. The van der Waals surface area contributed by atoms with E-state index in [4.69, 9.17) is 0 Å². The van der Waals surface area contributed by atoms with Crippen LogP contribution in [0, 0.1) is 17.8 Å². The van der Waals surface area contributed by atoms with E-state index >= 15 is 0 Å². The van der Waals surface area contributed by atoms with Crippen LogP contribution in [0.1, 0.15) is 121 Å². The Morgan fingerprint density at radius 2 is 1.52 bits per heavy atom. The van der Waals surface area contributed by atoms with Crippen molar-refractivity contribution < 1.29 is 4.39 Å². The summed E-state index contributed by atoms with van der Waals surface area (Å²) in [7, 11) is 0. The number of alkyl halides is 1. The summed E-state index contributed by atoms with van der Waals surface area (Å²) in [6.45, 7) is 4.54. The monoisotopic (exact) mass is 402 g/mol. The summed E-state index contributed by atoms with van der Waals surface area (Å²) in [5.41, 5.74) is 1.97. The van der Waals surface area contributed by atoms with Crippen LogP contribution in [0.5, 0.6) is 0 Å². The molecule has 0 aliphatic heterocycles. The van der Waals surface area contributed by atoms with Crippen molar-refractivity contribution in [2.24, 2.45) is 17.8 Å². The first-order chi connectivity index (χ1) is 14.2. The van der Waals surface area contributed by atoms with Gasteiger partial charge in [0.2, 0.25) is 0 Å². The Hall–Kier alpha value is -0.990. The van der Waals surface area contributed by atoms with Gasteiger partial charge in [0.05, 0.1) is 11.4 Å². The molecule has 2 aliphatic rings. The van der Waals surface area contributed by atoms with Crippen LogP contribution >= 0.6 is 0 Å². The predicted molar refractivity (Wildman–Crippen MR) is 120 cm³/mol. The van der Waals surface area contributed by atoms with Crippen LogP contribution in [0.25, 0.3) is 0 Å². The van der Waals surface area contributed by atoms with Gasteiger partial charge in [0.25, 0.3) is 0 Å². The van der Waals surface area contributed by atoms with Crippen LogP contribution < -0.4 is 0 Å². The van der Waals surface area contributed by atoms with Gasteiger partial charge in [-0.05, 0) is 68.4 Å². The van der Waals surface area contributed by atoms with Gasteiger partial charge in [-0.2, -0.15) is 10.2 Å². The van der Waals surface area contributed by atoms with Crippen molar-refractivity contribution in [3.8, 4) is 0 Å². The maximum absolute atomic E-state index is 14.8. The number of hydrogen-bond acceptors (Lipinski definition) is 2. The molecule has 3 heteroatoms. The molecule has 0 aromatic carbocycles. The van der Waals surface area contributed by atoms with Crippen LogP contribution in [0.3, 0.4) is 0 Å². The Morgan fingerprint density at radius 3 is 2.14 bits per heavy atom. The first-order valence-electron chi connectivity index (χ1n) is 12.7. The summed E-state index contributed by atoms with van der Waals surface area (Å²) in [4.78, 5) is 0. The van der Waals surface area contributed by atoms with Gasteiger partial charge in [-0.1, -0.05) is 65.2 Å². The fourth-order valence-corrected chi connectivity index (χ4v) is 5.74. The third-order valence-corrected chi connectivity index (χ3v) is 7.73. The van der Waals surface area contributed by atoms with Crippen LogP contribution in [-0.4, -0.2) is 16.4 Å². The Labute approximate surface area is 178 Å². The molecule has 0 radical (unpaired) electrons. The second-order valence-corrected chi connectivity index (χ2v) is 9.95. The van der Waals surface area contributed by atoms with E-state index in [1.807, 2.05) is 6.07 Å². The molecule has 0 N–H and O–H groups in total. The van der Waals surface area contributed by atoms with E-state index in [0.29, 0.717) is 12.3 Å². The Morgan fingerprint density at radius 1 is 0.828 bits per heavy atom. The molecule has 2 nitrogen and oxygen atoms in total. The lowest BCUT2D eigenvalue weighted by atomic mass is 9.77. The van der Waals surface area contributed by atoms with E-state index in [1.54, 1.807) is 0 Å². The smallest absolute Gasteiger partial charge is 0.108 e. The molecule has 29 heavy (non-hydrogen) atoms. The minimum absolute atomic E-state index is 0.229. The Bertz CT molecular complexity index is 557. The fourth-order valence-electron chi connectivity index (χ4n) is 5.74. The van der Waals surface area contributed by atoms with E-state index in [1.165, 1.54) is 77.0 Å². The lowest BCUT2D eigenvalue weighted by Crippen LogP contribution is -2.25. The summed E-state index contributed by atoms with van der Waals surface area (Å²) in [5, 5.41) is 8.94. The van der Waals surface area contributed by atoms with Crippen molar-refractivity contribution in [3.63, 3.8) is 0 Å². The third-order valence-electron chi connectivity index (χ3n) is 7.73. The zero-order valence-electron chi connectivity index (χ0n) is 18.9. The average molecular weight is 403 g/mol. The van der Waals surface area contributed by atoms with Gasteiger partial charge in [-0.25, -0.2) is 4.39 Å². The lowest BCUT2D eigenvalue weighted by Gasteiger charge is -2.30. The highest BCUT2D eigenvalue weighted by atomic mass is 19.1. The Kier molecular flexibility index (Phi) is 9.39. The number of halogens is 1. The fraction of sp³-hybridized carbons (Fsp3) is 0.846. The summed E-state index contributed by atoms with van der Waals surface area (Å²) in [6.07, 6.45) is 17.5. The molecular formula is C26H43FN2. The molecule has 1 aromatic rings. The molecule has 1 atom stereocenters. The number of rotatable bonds is 10. The lowest BCUT2D eigenvalue weighted by molar-refractivity contribution is 0.151. The highest BCUT2D eigenvalue weighted by molar-refractivity contribution is 5.12. The zero-order valence-corrected chi connectivity index (χ0v) is 18.9. The second kappa shape index (κ2) is 12.0. The molecule has 2 saturated carbocycles. The van der Waals surface area contributed by atoms with E-state index in [2.05, 4.69) is 30.1 Å². The maximum Gasteiger partial charge on any atom is 0.108 e. The molecule has 164 valence electrons. The molecule has 0 bridgehead atoms. The minimum Gasteiger partial charge on any atom is -0.247 e. The van der Waals surface area contributed by atoms with Crippen molar-refractivity contribution in [2.75, 3.05) is 0 Å². The van der Waals surface area contributed by atoms with Crippen molar-refractivity contribution in [1.82, 2.24) is 10.2 Å². The van der Waals surface area contributed by atoms with Crippen LogP contribution in [0.2, 0.25) is 0 Å². The molecule has 1 heterocycles. The van der Waals surface area contributed by atoms with Gasteiger partial charge in [0.1, 0.15) is 6.17 Å². The Balaban J connectivity index is 1.41. The normalized spacial score (nSPS) is 28.9. The third kappa shape index (κ3) is 7.03. The first-order valence-corrected chi connectivity index (χ1v) is 12.7. The van der Waals surface area contributed by atoms with Crippen LogP contribution in [0.4, 0.5) is 4.39 Å². The molecule has 2 fully saturated rings. The van der Waals surface area contributed by atoms with E-state index < -0.39 is 6.17 Å². The van der Waals surface area contributed by atoms with Gasteiger partial charge in [-0.15, -0.1) is 0 Å². The molecule has 0 saturated heterocycles. The van der Waals surface area contributed by atoms with Crippen molar-refractivity contribution in [2.45, 2.75) is 122 Å². The van der Waals surface area contributed by atoms with E-state index in [-0.39, 0.29) is 5.92 Å². The highest BCUT2D eigenvalue weighted by Gasteiger charge is 2.28. The van der Waals surface area contributed by atoms with E-state index in [0.717, 1.165) is 36.1 Å². The summed E-state index contributed by atoms with van der Waals surface area (Å²) < 4.78 is 14.8. The molecule has 0 spiro atoms. The topological polar surface area (TPSA) is 25.8 Å². The van der Waals surface area contributed by atoms with Gasteiger partial charge in [0.15, 0.2) is 0 Å². The molecule has 0 amide bonds. The quantitative estimate of drug-likeness (QED) is 0.373.